The molecule has 454 valence electrons. The third kappa shape index (κ3) is 15.1. The van der Waals surface area contributed by atoms with E-state index in [0.29, 0.717) is 23.9 Å². The van der Waals surface area contributed by atoms with Gasteiger partial charge in [0, 0.05) is 38.8 Å². The third-order valence-electron chi connectivity index (χ3n) is 25.0. The first kappa shape index (κ1) is 63.4. The first-order chi connectivity index (χ1) is 38.2. The van der Waals surface area contributed by atoms with Gasteiger partial charge in [0.25, 0.3) is 0 Å². The summed E-state index contributed by atoms with van der Waals surface area (Å²) >= 11 is 0. The fourth-order valence-corrected chi connectivity index (χ4v) is 20.4. The van der Waals surface area contributed by atoms with Crippen LogP contribution < -0.4 is 10.6 Å². The average Bonchev–Trinajstić information content (AvgIpc) is 4.16. The van der Waals surface area contributed by atoms with E-state index in [1.807, 2.05) is 0 Å². The molecule has 8 aliphatic carbocycles. The van der Waals surface area contributed by atoms with Gasteiger partial charge in [-0.05, 0) is 195 Å². The predicted octanol–water partition coefficient (Wildman–Crippen LogP) is 17.8. The average molecular weight is 1110 g/mol. The predicted molar refractivity (Wildman–Crippen MR) is 327 cm³/mol. The van der Waals surface area contributed by atoms with Crippen LogP contribution in [0.5, 0.6) is 0 Å². The summed E-state index contributed by atoms with van der Waals surface area (Å²) in [6.07, 6.45) is 42.1. The quantitative estimate of drug-likeness (QED) is 0.0439. The number of hydrogen-bond acceptors (Lipinski definition) is 6. The molecule has 0 aromatic heterocycles. The van der Waals surface area contributed by atoms with E-state index in [1.54, 1.807) is 11.1 Å². The molecule has 2 N–H and O–H groups in total. The van der Waals surface area contributed by atoms with Crippen molar-refractivity contribution in [3.05, 3.63) is 23.3 Å². The molecule has 16 unspecified atom stereocenters. The molecule has 0 spiro atoms. The number of esters is 2. The van der Waals surface area contributed by atoms with Crippen LogP contribution in [0.3, 0.4) is 0 Å². The maximum absolute atomic E-state index is 13.0. The molecule has 8 rings (SSSR count). The van der Waals surface area contributed by atoms with Crippen molar-refractivity contribution in [1.29, 1.82) is 0 Å². The molecule has 0 heterocycles. The van der Waals surface area contributed by atoms with Gasteiger partial charge in [-0.15, -0.1) is 0 Å². The standard InChI is InChI=1S/C72H120N2O6/c1-49(2)21-19-23-51(5)59-29-31-61-57-27-25-53-47-55(37-41-69(53,7)63(57)39-43-71(59,61)9)79-67(77)35-33-65(75)73-45-17-15-13-11-12-14-16-18-46-74-66(76)34-36-68(78)80-56-38-42-70(8)54(48-56)26-28-58-62-32-30-60(52(6)24-20-22-50(3)4)72(62,10)44-40-64(58)70/h25-26,49-52,55-64H,11-24,27-48H2,1-10H3,(H,73,75)(H,74,76). The zero-order valence-corrected chi connectivity index (χ0v) is 53.1. The highest BCUT2D eigenvalue weighted by atomic mass is 16.5. The number of hydrogen-bond donors (Lipinski definition) is 2. The van der Waals surface area contributed by atoms with Gasteiger partial charge in [0.2, 0.25) is 11.8 Å². The highest BCUT2D eigenvalue weighted by Crippen LogP contribution is 2.69. The number of ether oxygens (including phenoxy) is 2. The van der Waals surface area contributed by atoms with Crippen molar-refractivity contribution in [2.45, 2.75) is 300 Å². The summed E-state index contributed by atoms with van der Waals surface area (Å²) in [5.41, 5.74) is 4.55. The highest BCUT2D eigenvalue weighted by molar-refractivity contribution is 5.82. The lowest BCUT2D eigenvalue weighted by Gasteiger charge is -2.58. The molecule has 0 saturated heterocycles. The molecular weight excluding hydrogens is 989 g/mol. The summed E-state index contributed by atoms with van der Waals surface area (Å²) in [6.45, 7) is 26.3. The Morgan fingerprint density at radius 1 is 0.463 bits per heavy atom. The van der Waals surface area contributed by atoms with E-state index in [-0.39, 0.29) is 72.5 Å². The minimum absolute atomic E-state index is 0.0582. The second-order valence-electron chi connectivity index (χ2n) is 30.8. The van der Waals surface area contributed by atoms with Crippen molar-refractivity contribution in [2.24, 2.45) is 92.7 Å². The van der Waals surface area contributed by atoms with Crippen LogP contribution in [0.2, 0.25) is 0 Å². The number of carbonyl (C=O) groups is 4. The molecule has 8 aliphatic rings. The number of unbranched alkanes of at least 4 members (excludes halogenated alkanes) is 7. The van der Waals surface area contributed by atoms with E-state index < -0.39 is 0 Å². The second-order valence-corrected chi connectivity index (χ2v) is 30.8. The van der Waals surface area contributed by atoms with Crippen molar-refractivity contribution >= 4 is 23.8 Å². The molecule has 0 aromatic carbocycles. The lowest BCUT2D eigenvalue weighted by atomic mass is 9.47. The second kappa shape index (κ2) is 28.5. The Morgan fingerprint density at radius 2 is 0.850 bits per heavy atom. The maximum atomic E-state index is 13.0. The van der Waals surface area contributed by atoms with Crippen molar-refractivity contribution in [3.8, 4) is 0 Å². The lowest BCUT2D eigenvalue weighted by Crippen LogP contribution is -2.51. The van der Waals surface area contributed by atoms with Crippen LogP contribution >= 0.6 is 0 Å². The van der Waals surface area contributed by atoms with Gasteiger partial charge in [-0.25, -0.2) is 0 Å². The summed E-state index contributed by atoms with van der Waals surface area (Å²) < 4.78 is 12.1. The van der Waals surface area contributed by atoms with Crippen LogP contribution in [0, 0.1) is 92.7 Å². The van der Waals surface area contributed by atoms with Crippen LogP contribution in [0.25, 0.3) is 0 Å². The Kier molecular flexibility index (Phi) is 22.6. The summed E-state index contributed by atoms with van der Waals surface area (Å²) in [6, 6.07) is 0. The van der Waals surface area contributed by atoms with Crippen LogP contribution in [-0.4, -0.2) is 49.1 Å². The van der Waals surface area contributed by atoms with Gasteiger partial charge in [-0.3, -0.25) is 19.2 Å². The number of rotatable bonds is 29. The van der Waals surface area contributed by atoms with Crippen LogP contribution in [0.1, 0.15) is 288 Å². The first-order valence-corrected chi connectivity index (χ1v) is 34.6. The molecule has 16 atom stereocenters. The SMILES string of the molecule is CC(C)CCCC(C)C1CCC2C3CC=C4CC(OC(=O)CCC(=O)NCCCCCCCCCCNC(=O)CCC(=O)OC5CCC6(C)C(=CCC7C6CCC6(C)C(C(C)CCCC(C)C)CCC76)C5)CCC4(C)C3CCC12C. The Labute approximate surface area is 489 Å². The lowest BCUT2D eigenvalue weighted by molar-refractivity contribution is -0.153. The van der Waals surface area contributed by atoms with Crippen LogP contribution in [0.4, 0.5) is 0 Å². The largest absolute Gasteiger partial charge is 0.462 e. The molecule has 8 heteroatoms. The molecule has 0 aromatic rings. The molecule has 8 nitrogen and oxygen atoms in total. The van der Waals surface area contributed by atoms with Crippen LogP contribution in [-0.2, 0) is 28.7 Å². The Balaban J connectivity index is 0.610. The normalized spacial score (nSPS) is 36.0. The molecule has 0 aliphatic heterocycles. The Bertz CT molecular complexity index is 1970. The molecule has 6 saturated carbocycles. The Morgan fingerprint density at radius 3 is 1.24 bits per heavy atom. The fourth-order valence-electron chi connectivity index (χ4n) is 20.4. The minimum atomic E-state index is -0.229. The van der Waals surface area contributed by atoms with Crippen molar-refractivity contribution in [2.75, 3.05) is 13.1 Å². The molecule has 0 bridgehead atoms. The number of fused-ring (bicyclic) bond motifs is 10. The van der Waals surface area contributed by atoms with Gasteiger partial charge in [-0.1, -0.05) is 170 Å². The van der Waals surface area contributed by atoms with E-state index in [2.05, 4.69) is 92.0 Å². The monoisotopic (exact) mass is 1110 g/mol. The van der Waals surface area contributed by atoms with Gasteiger partial charge in [0.15, 0.2) is 0 Å². The highest BCUT2D eigenvalue weighted by Gasteiger charge is 2.61. The summed E-state index contributed by atoms with van der Waals surface area (Å²) in [5.74, 6) is 9.28. The molecule has 6 fully saturated rings. The van der Waals surface area contributed by atoms with E-state index in [1.165, 1.54) is 116 Å². The van der Waals surface area contributed by atoms with Gasteiger partial charge < -0.3 is 20.1 Å². The van der Waals surface area contributed by atoms with Gasteiger partial charge in [0.05, 0.1) is 12.8 Å². The van der Waals surface area contributed by atoms with Gasteiger partial charge in [-0.2, -0.15) is 0 Å². The zero-order valence-electron chi connectivity index (χ0n) is 53.1. The fraction of sp³-hybridized carbons (Fsp3) is 0.889. The Hall–Kier alpha value is -2.64. The van der Waals surface area contributed by atoms with Crippen molar-refractivity contribution in [3.63, 3.8) is 0 Å². The first-order valence-electron chi connectivity index (χ1n) is 34.6. The summed E-state index contributed by atoms with van der Waals surface area (Å²) in [4.78, 5) is 51.3. The number of allylic oxidation sites excluding steroid dienone is 2. The maximum Gasteiger partial charge on any atom is 0.306 e. The van der Waals surface area contributed by atoms with Gasteiger partial charge >= 0.3 is 11.9 Å². The summed E-state index contributed by atoms with van der Waals surface area (Å²) in [7, 11) is 0. The number of nitrogens with one attached hydrogen (secondary N) is 2. The van der Waals surface area contributed by atoms with Crippen LogP contribution in [0.15, 0.2) is 23.3 Å². The van der Waals surface area contributed by atoms with Gasteiger partial charge in [0.1, 0.15) is 12.2 Å². The van der Waals surface area contributed by atoms with E-state index >= 15 is 0 Å². The van der Waals surface area contributed by atoms with E-state index in [0.717, 1.165) is 148 Å². The molecule has 0 radical (unpaired) electrons. The van der Waals surface area contributed by atoms with Crippen molar-refractivity contribution in [1.82, 2.24) is 10.6 Å². The number of carbonyl (C=O) groups excluding carboxylic acids is 4. The zero-order chi connectivity index (χ0) is 57.2. The molecular formula is C72H120N2O6. The molecule has 80 heavy (non-hydrogen) atoms. The van der Waals surface area contributed by atoms with E-state index in [9.17, 15) is 19.2 Å². The summed E-state index contributed by atoms with van der Waals surface area (Å²) in [5, 5.41) is 6.06. The number of amides is 2. The topological polar surface area (TPSA) is 111 Å². The smallest absolute Gasteiger partial charge is 0.306 e. The van der Waals surface area contributed by atoms with E-state index in [4.69, 9.17) is 9.47 Å². The molecule has 2 amide bonds. The van der Waals surface area contributed by atoms with Crippen molar-refractivity contribution < 1.29 is 28.7 Å². The third-order valence-corrected chi connectivity index (χ3v) is 25.0. The minimum Gasteiger partial charge on any atom is -0.462 e.